The number of rotatable bonds is 2. The lowest BCUT2D eigenvalue weighted by Gasteiger charge is -2.18. The van der Waals surface area contributed by atoms with Crippen LogP contribution in [0.4, 0.5) is 5.82 Å². The van der Waals surface area contributed by atoms with Crippen molar-refractivity contribution in [2.75, 3.05) is 11.4 Å². The molecule has 0 bridgehead atoms. The Bertz CT molecular complexity index is 810. The maximum absolute atomic E-state index is 12.2. The average molecular weight is 355 g/mol. The van der Waals surface area contributed by atoms with Crippen molar-refractivity contribution in [1.82, 2.24) is 9.78 Å². The van der Waals surface area contributed by atoms with Crippen LogP contribution in [0.5, 0.6) is 0 Å². The van der Waals surface area contributed by atoms with Gasteiger partial charge in [-0.3, -0.25) is 9.69 Å². The molecule has 1 aromatic carbocycles. The van der Waals surface area contributed by atoms with Crippen LogP contribution in [0.1, 0.15) is 12.0 Å². The lowest BCUT2D eigenvalue weighted by Crippen LogP contribution is -2.27. The summed E-state index contributed by atoms with van der Waals surface area (Å²) in [6.07, 6.45) is 7.19. The minimum atomic E-state index is -0.132. The molecule has 22 heavy (non-hydrogen) atoms. The molecule has 1 saturated heterocycles. The van der Waals surface area contributed by atoms with E-state index in [4.69, 9.17) is 6.42 Å². The zero-order chi connectivity index (χ0) is 15.7. The minimum Gasteiger partial charge on any atom is -0.294 e. The van der Waals surface area contributed by atoms with Crippen LogP contribution in [0, 0.1) is 29.6 Å². The van der Waals surface area contributed by atoms with E-state index in [1.165, 1.54) is 6.20 Å². The number of hydrogen-bond acceptors (Lipinski definition) is 3. The first-order valence-electron chi connectivity index (χ1n) is 6.64. The maximum atomic E-state index is 12.2. The van der Waals surface area contributed by atoms with Crippen LogP contribution in [0.25, 0.3) is 5.69 Å². The summed E-state index contributed by atoms with van der Waals surface area (Å²) in [6.45, 7) is 0.409. The molecule has 0 saturated carbocycles. The van der Waals surface area contributed by atoms with E-state index in [1.54, 1.807) is 9.58 Å². The van der Waals surface area contributed by atoms with E-state index in [1.807, 2.05) is 24.3 Å². The van der Waals surface area contributed by atoms with E-state index in [0.717, 1.165) is 10.2 Å². The van der Waals surface area contributed by atoms with Gasteiger partial charge in [-0.15, -0.1) is 12.3 Å². The van der Waals surface area contributed by atoms with Crippen molar-refractivity contribution in [3.05, 3.63) is 40.5 Å². The predicted molar refractivity (Wildman–Crippen MR) is 85.3 cm³/mol. The highest BCUT2D eigenvalue weighted by Gasteiger charge is 2.33. The fourth-order valence-electron chi connectivity index (χ4n) is 2.48. The fourth-order valence-corrected chi connectivity index (χ4v) is 2.74. The second kappa shape index (κ2) is 5.67. The number of nitriles is 1. The number of carbonyl (C=O) groups excluding carboxylic acids is 1. The largest absolute Gasteiger partial charge is 0.294 e. The Balaban J connectivity index is 2.09. The van der Waals surface area contributed by atoms with E-state index >= 15 is 0 Å². The molecule has 1 fully saturated rings. The first-order chi connectivity index (χ1) is 10.6. The Morgan fingerprint density at radius 2 is 2.09 bits per heavy atom. The Morgan fingerprint density at radius 1 is 1.36 bits per heavy atom. The number of anilines is 1. The van der Waals surface area contributed by atoms with Gasteiger partial charge < -0.3 is 0 Å². The van der Waals surface area contributed by atoms with Crippen molar-refractivity contribution >= 4 is 27.7 Å². The van der Waals surface area contributed by atoms with Gasteiger partial charge in [0, 0.05) is 23.4 Å². The van der Waals surface area contributed by atoms with E-state index < -0.39 is 0 Å². The fraction of sp³-hybridized carbons (Fsp3) is 0.188. The molecule has 2 heterocycles. The highest BCUT2D eigenvalue weighted by molar-refractivity contribution is 9.10. The molecule has 3 rings (SSSR count). The smallest absolute Gasteiger partial charge is 0.229 e. The van der Waals surface area contributed by atoms with Crippen LogP contribution in [-0.2, 0) is 4.79 Å². The van der Waals surface area contributed by atoms with Crippen molar-refractivity contribution in [2.45, 2.75) is 6.42 Å². The number of benzene rings is 1. The molecular weight excluding hydrogens is 344 g/mol. The van der Waals surface area contributed by atoms with Gasteiger partial charge in [0.1, 0.15) is 11.6 Å². The van der Waals surface area contributed by atoms with Crippen LogP contribution in [-0.4, -0.2) is 22.2 Å². The number of nitrogens with zero attached hydrogens (tertiary/aromatic N) is 4. The molecule has 1 aliphatic rings. The highest BCUT2D eigenvalue weighted by atomic mass is 79.9. The first kappa shape index (κ1) is 14.4. The van der Waals surface area contributed by atoms with Crippen LogP contribution in [0.3, 0.4) is 0 Å². The van der Waals surface area contributed by atoms with Crippen molar-refractivity contribution in [3.63, 3.8) is 0 Å². The third kappa shape index (κ3) is 2.38. The molecule has 0 aliphatic carbocycles. The lowest BCUT2D eigenvalue weighted by atomic mass is 10.1. The molecule has 1 atom stereocenters. The zero-order valence-corrected chi connectivity index (χ0v) is 13.1. The van der Waals surface area contributed by atoms with E-state index in [-0.39, 0.29) is 11.8 Å². The Hall–Kier alpha value is -2.57. The molecular formula is C16H11BrN4O. The molecule has 108 valence electrons. The van der Waals surface area contributed by atoms with Gasteiger partial charge >= 0.3 is 0 Å². The third-order valence-corrected chi connectivity index (χ3v) is 4.08. The molecule has 6 heteroatoms. The number of hydrogen-bond donors (Lipinski definition) is 0. The monoisotopic (exact) mass is 354 g/mol. The third-order valence-electron chi connectivity index (χ3n) is 3.55. The van der Waals surface area contributed by atoms with Crippen molar-refractivity contribution in [1.29, 1.82) is 5.26 Å². The summed E-state index contributed by atoms with van der Waals surface area (Å²) in [5.74, 6) is 2.87. The summed E-state index contributed by atoms with van der Waals surface area (Å²) in [7, 11) is 0. The van der Waals surface area contributed by atoms with E-state index in [2.05, 4.69) is 33.0 Å². The molecule has 1 unspecified atom stereocenters. The number of carbonyl (C=O) groups is 1. The van der Waals surface area contributed by atoms with Crippen molar-refractivity contribution in [3.8, 4) is 24.1 Å². The average Bonchev–Trinajstić information content (AvgIpc) is 3.10. The highest BCUT2D eigenvalue weighted by Crippen LogP contribution is 2.30. The summed E-state index contributed by atoms with van der Waals surface area (Å²) in [5.41, 5.74) is 1.13. The number of halogens is 1. The maximum Gasteiger partial charge on any atom is 0.229 e. The minimum absolute atomic E-state index is 0.0849. The summed E-state index contributed by atoms with van der Waals surface area (Å²) >= 11 is 3.38. The van der Waals surface area contributed by atoms with Crippen LogP contribution >= 0.6 is 15.9 Å². The van der Waals surface area contributed by atoms with Crippen LogP contribution < -0.4 is 4.90 Å². The second-order valence-electron chi connectivity index (χ2n) is 4.95. The van der Waals surface area contributed by atoms with Crippen molar-refractivity contribution in [2.24, 2.45) is 5.92 Å². The van der Waals surface area contributed by atoms with Crippen LogP contribution in [0.15, 0.2) is 34.9 Å². The number of terminal acetylenes is 1. The molecule has 0 spiro atoms. The van der Waals surface area contributed by atoms with Gasteiger partial charge in [-0.25, -0.2) is 4.68 Å². The van der Waals surface area contributed by atoms with Crippen molar-refractivity contribution < 1.29 is 4.79 Å². The molecule has 0 radical (unpaired) electrons. The van der Waals surface area contributed by atoms with Crippen LogP contribution in [0.2, 0.25) is 0 Å². The molecule has 5 nitrogen and oxygen atoms in total. The van der Waals surface area contributed by atoms with Gasteiger partial charge in [0.15, 0.2) is 5.82 Å². The van der Waals surface area contributed by atoms with Gasteiger partial charge in [-0.2, -0.15) is 10.4 Å². The molecule has 2 aromatic rings. The van der Waals surface area contributed by atoms with E-state index in [0.29, 0.717) is 24.3 Å². The van der Waals surface area contributed by atoms with Gasteiger partial charge in [0.05, 0.1) is 11.9 Å². The molecule has 0 N–H and O–H groups in total. The zero-order valence-electron chi connectivity index (χ0n) is 11.5. The number of amides is 1. The molecule has 1 aliphatic heterocycles. The van der Waals surface area contributed by atoms with Gasteiger partial charge in [0.2, 0.25) is 5.91 Å². The van der Waals surface area contributed by atoms with Gasteiger partial charge in [-0.05, 0) is 24.3 Å². The Morgan fingerprint density at radius 3 is 2.68 bits per heavy atom. The Kier molecular flexibility index (Phi) is 3.70. The lowest BCUT2D eigenvalue weighted by molar-refractivity contribution is -0.117. The summed E-state index contributed by atoms with van der Waals surface area (Å²) in [4.78, 5) is 13.8. The normalized spacial score (nSPS) is 17.3. The SMILES string of the molecule is C#CC1CC(=O)N(c2c(C#N)cnn2-c2ccc(Br)cc2)C1. The van der Waals surface area contributed by atoms with Gasteiger partial charge in [-0.1, -0.05) is 15.9 Å². The second-order valence-corrected chi connectivity index (χ2v) is 5.87. The standard InChI is InChI=1S/C16H11BrN4O/c1-2-11-7-15(22)20(10-11)16-12(8-18)9-19-21(16)14-5-3-13(17)4-6-14/h1,3-6,9,11H,7,10H2. The van der Waals surface area contributed by atoms with Gasteiger partial charge in [0.25, 0.3) is 0 Å². The molecule has 1 aromatic heterocycles. The first-order valence-corrected chi connectivity index (χ1v) is 7.44. The molecule has 1 amide bonds. The number of aromatic nitrogens is 2. The Labute approximate surface area is 136 Å². The summed E-state index contributed by atoms with van der Waals surface area (Å²) < 4.78 is 2.54. The summed E-state index contributed by atoms with van der Waals surface area (Å²) in [5, 5.41) is 13.6. The quantitative estimate of drug-likeness (QED) is 0.778. The predicted octanol–water partition coefficient (Wildman–Crippen LogP) is 2.49. The van der Waals surface area contributed by atoms with E-state index in [9.17, 15) is 10.1 Å². The topological polar surface area (TPSA) is 61.9 Å². The summed E-state index contributed by atoms with van der Waals surface area (Å²) in [6, 6.07) is 9.57.